The molecule has 0 spiro atoms. The molecule has 0 unspecified atom stereocenters. The highest BCUT2D eigenvalue weighted by atomic mass is 79.9. The van der Waals surface area contributed by atoms with E-state index in [0.717, 1.165) is 27.5 Å². The van der Waals surface area contributed by atoms with E-state index in [1.165, 1.54) is 11.1 Å². The molecule has 0 aliphatic heterocycles. The van der Waals surface area contributed by atoms with E-state index in [-0.39, 0.29) is 0 Å². The lowest BCUT2D eigenvalue weighted by Gasteiger charge is -2.05. The van der Waals surface area contributed by atoms with Crippen LogP contribution in [0.3, 0.4) is 0 Å². The van der Waals surface area contributed by atoms with Crippen molar-refractivity contribution >= 4 is 56.2 Å². The number of rotatable bonds is 5. The molecule has 1 heterocycles. The third-order valence-corrected chi connectivity index (χ3v) is 5.66. The average Bonchev–Trinajstić information content (AvgIpc) is 3.01. The monoisotopic (exact) mass is 470 g/mol. The number of hydrogen-bond acceptors (Lipinski definition) is 1. The van der Waals surface area contributed by atoms with Gasteiger partial charge in [0.05, 0.1) is 6.54 Å². The Hall–Kier alpha value is -2.07. The molecule has 4 aromatic rings. The summed E-state index contributed by atoms with van der Waals surface area (Å²) in [6.07, 6.45) is 4.07. The van der Waals surface area contributed by atoms with E-state index in [1.54, 1.807) is 6.07 Å². The first-order valence-electron chi connectivity index (χ1n) is 8.86. The molecule has 5 heteroatoms. The first-order valence-corrected chi connectivity index (χ1v) is 10.4. The molecule has 0 amide bonds. The van der Waals surface area contributed by atoms with Gasteiger partial charge in [0.25, 0.3) is 0 Å². The van der Waals surface area contributed by atoms with Crippen LogP contribution in [0.5, 0.6) is 0 Å². The van der Waals surface area contributed by atoms with Crippen molar-refractivity contribution < 1.29 is 0 Å². The molecule has 0 radical (unpaired) electrons. The average molecular weight is 472 g/mol. The molecule has 0 saturated carbocycles. The van der Waals surface area contributed by atoms with E-state index in [4.69, 9.17) is 23.2 Å². The van der Waals surface area contributed by atoms with Gasteiger partial charge in [-0.15, -0.1) is 0 Å². The normalized spacial score (nSPS) is 11.5. The van der Waals surface area contributed by atoms with Crippen LogP contribution in [0.25, 0.3) is 10.9 Å². The Morgan fingerprint density at radius 1 is 0.964 bits per heavy atom. The van der Waals surface area contributed by atoms with Crippen LogP contribution in [-0.2, 0) is 13.1 Å². The topological polar surface area (TPSA) is 17.3 Å². The van der Waals surface area contributed by atoms with Crippen molar-refractivity contribution in [3.05, 3.63) is 104 Å². The van der Waals surface area contributed by atoms with Crippen molar-refractivity contribution in [1.82, 2.24) is 4.57 Å². The first kappa shape index (κ1) is 19.3. The molecule has 0 aliphatic rings. The molecule has 4 rings (SSSR count). The summed E-state index contributed by atoms with van der Waals surface area (Å²) in [4.78, 5) is 4.62. The van der Waals surface area contributed by atoms with Crippen LogP contribution in [0.15, 0.2) is 82.4 Å². The lowest BCUT2D eigenvalue weighted by atomic mass is 10.2. The standard InChI is InChI=1S/C23H17BrCl2N2/c24-19-7-9-23-21(10-19)18(15-28(23)14-16-4-2-1-3-5-16)13-27-12-17-6-8-20(25)11-22(17)26/h1-11,13,15H,12,14H2. The minimum absolute atomic E-state index is 0.509. The predicted octanol–water partition coefficient (Wildman–Crippen LogP) is 7.38. The summed E-state index contributed by atoms with van der Waals surface area (Å²) in [5, 5.41) is 2.43. The SMILES string of the molecule is Clc1ccc(CN=Cc2cn(Cc3ccccc3)c3ccc(Br)cc23)c(Cl)c1. The highest BCUT2D eigenvalue weighted by Gasteiger charge is 2.08. The zero-order valence-corrected chi connectivity index (χ0v) is 18.0. The van der Waals surface area contributed by atoms with Gasteiger partial charge in [-0.05, 0) is 41.5 Å². The van der Waals surface area contributed by atoms with Gasteiger partial charge in [-0.1, -0.05) is 75.5 Å². The Balaban J connectivity index is 1.65. The van der Waals surface area contributed by atoms with E-state index in [0.29, 0.717) is 16.6 Å². The van der Waals surface area contributed by atoms with E-state index in [9.17, 15) is 0 Å². The molecule has 0 fully saturated rings. The summed E-state index contributed by atoms with van der Waals surface area (Å²) < 4.78 is 3.31. The number of nitrogens with zero attached hydrogens (tertiary/aromatic N) is 2. The van der Waals surface area contributed by atoms with E-state index in [2.05, 4.69) is 74.2 Å². The quantitative estimate of drug-likeness (QED) is 0.270. The predicted molar refractivity (Wildman–Crippen MR) is 123 cm³/mol. The number of aromatic nitrogens is 1. The molecular formula is C23H17BrCl2N2. The number of hydrogen-bond donors (Lipinski definition) is 0. The molecule has 28 heavy (non-hydrogen) atoms. The number of benzene rings is 3. The van der Waals surface area contributed by atoms with Gasteiger partial charge < -0.3 is 4.57 Å². The minimum Gasteiger partial charge on any atom is -0.342 e. The Labute approximate surface area is 182 Å². The van der Waals surface area contributed by atoms with Crippen LogP contribution in [0.2, 0.25) is 10.0 Å². The maximum atomic E-state index is 6.25. The fourth-order valence-electron chi connectivity index (χ4n) is 3.20. The molecular weight excluding hydrogens is 455 g/mol. The van der Waals surface area contributed by atoms with Gasteiger partial charge in [-0.2, -0.15) is 0 Å². The van der Waals surface area contributed by atoms with Crippen LogP contribution in [0, 0.1) is 0 Å². The highest BCUT2D eigenvalue weighted by molar-refractivity contribution is 9.10. The summed E-state index contributed by atoms with van der Waals surface area (Å²) in [5.41, 5.74) is 4.48. The molecule has 0 atom stereocenters. The third kappa shape index (κ3) is 4.33. The first-order chi connectivity index (χ1) is 13.6. The van der Waals surface area contributed by atoms with Crippen molar-refractivity contribution in [1.29, 1.82) is 0 Å². The number of fused-ring (bicyclic) bond motifs is 1. The maximum absolute atomic E-state index is 6.25. The Bertz CT molecular complexity index is 1150. The van der Waals surface area contributed by atoms with Crippen molar-refractivity contribution in [3.63, 3.8) is 0 Å². The fourth-order valence-corrected chi connectivity index (χ4v) is 4.03. The molecule has 0 aliphatic carbocycles. The van der Waals surface area contributed by atoms with Crippen molar-refractivity contribution in [2.75, 3.05) is 0 Å². The van der Waals surface area contributed by atoms with Crippen molar-refractivity contribution in [3.8, 4) is 0 Å². The largest absolute Gasteiger partial charge is 0.342 e. The molecule has 140 valence electrons. The van der Waals surface area contributed by atoms with Crippen LogP contribution >= 0.6 is 39.1 Å². The smallest absolute Gasteiger partial charge is 0.0654 e. The second-order valence-electron chi connectivity index (χ2n) is 6.56. The summed E-state index contributed by atoms with van der Waals surface area (Å²) in [6.45, 7) is 1.32. The van der Waals surface area contributed by atoms with Crippen molar-refractivity contribution in [2.45, 2.75) is 13.1 Å². The minimum atomic E-state index is 0.509. The van der Waals surface area contributed by atoms with Gasteiger partial charge >= 0.3 is 0 Å². The second kappa shape index (κ2) is 8.52. The number of halogens is 3. The molecule has 0 bridgehead atoms. The molecule has 0 N–H and O–H groups in total. The van der Waals surface area contributed by atoms with E-state index in [1.807, 2.05) is 24.4 Å². The Kier molecular flexibility index (Phi) is 5.86. The van der Waals surface area contributed by atoms with E-state index >= 15 is 0 Å². The molecule has 0 saturated heterocycles. The summed E-state index contributed by atoms with van der Waals surface area (Å²) in [5.74, 6) is 0. The Morgan fingerprint density at radius 2 is 1.79 bits per heavy atom. The van der Waals surface area contributed by atoms with Gasteiger partial charge in [-0.3, -0.25) is 4.99 Å². The lowest BCUT2D eigenvalue weighted by Crippen LogP contribution is -1.97. The highest BCUT2D eigenvalue weighted by Crippen LogP contribution is 2.26. The molecule has 3 aromatic carbocycles. The second-order valence-corrected chi connectivity index (χ2v) is 8.32. The van der Waals surface area contributed by atoms with Crippen LogP contribution in [0.4, 0.5) is 0 Å². The third-order valence-electron chi connectivity index (χ3n) is 4.58. The van der Waals surface area contributed by atoms with E-state index < -0.39 is 0 Å². The van der Waals surface area contributed by atoms with Gasteiger partial charge in [0.15, 0.2) is 0 Å². The summed E-state index contributed by atoms with van der Waals surface area (Å²) in [6, 6.07) is 22.3. The van der Waals surface area contributed by atoms with Gasteiger partial charge in [0.2, 0.25) is 0 Å². The summed E-state index contributed by atoms with van der Waals surface area (Å²) in [7, 11) is 0. The fraction of sp³-hybridized carbons (Fsp3) is 0.0870. The van der Waals surface area contributed by atoms with Crippen LogP contribution in [-0.4, -0.2) is 10.8 Å². The molecule has 2 nitrogen and oxygen atoms in total. The lowest BCUT2D eigenvalue weighted by molar-refractivity contribution is 0.836. The van der Waals surface area contributed by atoms with Crippen LogP contribution in [0.1, 0.15) is 16.7 Å². The van der Waals surface area contributed by atoms with Gasteiger partial charge in [-0.25, -0.2) is 0 Å². The van der Waals surface area contributed by atoms with Gasteiger partial charge in [0.1, 0.15) is 0 Å². The zero-order chi connectivity index (χ0) is 19.5. The van der Waals surface area contributed by atoms with Crippen molar-refractivity contribution in [2.24, 2.45) is 4.99 Å². The van der Waals surface area contributed by atoms with Gasteiger partial charge in [0, 0.05) is 49.9 Å². The maximum Gasteiger partial charge on any atom is 0.0654 e. The molecule has 1 aromatic heterocycles. The summed E-state index contributed by atoms with van der Waals surface area (Å²) >= 11 is 15.8. The van der Waals surface area contributed by atoms with Crippen LogP contribution < -0.4 is 0 Å². The zero-order valence-electron chi connectivity index (χ0n) is 14.9. The number of aliphatic imine (C=N–C) groups is 1. The Morgan fingerprint density at radius 3 is 2.57 bits per heavy atom.